The van der Waals surface area contributed by atoms with Crippen molar-refractivity contribution in [2.45, 2.75) is 26.8 Å². The van der Waals surface area contributed by atoms with Gasteiger partial charge in [0.1, 0.15) is 0 Å². The molecule has 1 aromatic rings. The first kappa shape index (κ1) is 13.4. The van der Waals surface area contributed by atoms with Crippen molar-refractivity contribution in [1.29, 1.82) is 0 Å². The van der Waals surface area contributed by atoms with E-state index >= 15 is 0 Å². The van der Waals surface area contributed by atoms with Crippen LogP contribution in [-0.2, 0) is 4.79 Å². The van der Waals surface area contributed by atoms with Crippen molar-refractivity contribution in [2.75, 3.05) is 5.32 Å². The van der Waals surface area contributed by atoms with Gasteiger partial charge >= 0.3 is 0 Å². The maximum atomic E-state index is 11.7. The molecule has 16 heavy (non-hydrogen) atoms. The number of nitrogens with two attached hydrogens (primary N) is 1. The topological polar surface area (TPSA) is 55.1 Å². The summed E-state index contributed by atoms with van der Waals surface area (Å²) in [5.74, 6) is 0.0131. The van der Waals surface area contributed by atoms with Crippen molar-refractivity contribution < 1.29 is 4.79 Å². The Balaban J connectivity index is 2.74. The van der Waals surface area contributed by atoms with Gasteiger partial charge in [-0.15, -0.1) is 0 Å². The van der Waals surface area contributed by atoms with Gasteiger partial charge in [0, 0.05) is 9.26 Å². The summed E-state index contributed by atoms with van der Waals surface area (Å²) in [6, 6.07) is 5.36. The molecule has 4 heteroatoms. The lowest BCUT2D eigenvalue weighted by Crippen LogP contribution is -2.39. The first-order chi connectivity index (χ1) is 7.41. The number of carbonyl (C=O) groups excluding carboxylic acids is 1. The first-order valence-corrected chi connectivity index (χ1v) is 6.32. The van der Waals surface area contributed by atoms with E-state index in [4.69, 9.17) is 5.73 Å². The molecule has 0 radical (unpaired) electrons. The van der Waals surface area contributed by atoms with Crippen LogP contribution in [0, 0.1) is 16.4 Å². The van der Waals surface area contributed by atoms with Crippen LogP contribution in [0.25, 0.3) is 0 Å². The molecule has 3 N–H and O–H groups in total. The molecule has 0 unspecified atom stereocenters. The van der Waals surface area contributed by atoms with Gasteiger partial charge in [-0.3, -0.25) is 4.79 Å². The quantitative estimate of drug-likeness (QED) is 0.836. The van der Waals surface area contributed by atoms with Crippen LogP contribution < -0.4 is 11.1 Å². The predicted octanol–water partition coefficient (Wildman–Crippen LogP) is 2.52. The van der Waals surface area contributed by atoms with Crippen LogP contribution >= 0.6 is 22.6 Å². The van der Waals surface area contributed by atoms with E-state index in [1.165, 1.54) is 5.56 Å². The number of aryl methyl sites for hydroxylation is 1. The molecule has 88 valence electrons. The van der Waals surface area contributed by atoms with Crippen molar-refractivity contribution in [2.24, 2.45) is 11.7 Å². The van der Waals surface area contributed by atoms with Crippen LogP contribution in [0.4, 0.5) is 5.69 Å². The molecule has 0 heterocycles. The monoisotopic (exact) mass is 332 g/mol. The van der Waals surface area contributed by atoms with Gasteiger partial charge in [-0.2, -0.15) is 0 Å². The Morgan fingerprint density at radius 1 is 1.44 bits per heavy atom. The van der Waals surface area contributed by atoms with E-state index in [0.29, 0.717) is 0 Å². The summed E-state index contributed by atoms with van der Waals surface area (Å²) in [5.41, 5.74) is 7.76. The van der Waals surface area contributed by atoms with Crippen LogP contribution in [0.5, 0.6) is 0 Å². The third-order valence-electron chi connectivity index (χ3n) is 2.46. The Labute approximate surface area is 110 Å². The third-order valence-corrected chi connectivity index (χ3v) is 3.62. The second kappa shape index (κ2) is 5.63. The number of benzene rings is 1. The highest BCUT2D eigenvalue weighted by atomic mass is 127. The van der Waals surface area contributed by atoms with Crippen LogP contribution in [-0.4, -0.2) is 11.9 Å². The van der Waals surface area contributed by atoms with Crippen molar-refractivity contribution in [3.63, 3.8) is 0 Å². The minimum absolute atomic E-state index is 0.130. The molecule has 0 saturated carbocycles. The highest BCUT2D eigenvalue weighted by Crippen LogP contribution is 2.17. The summed E-state index contributed by atoms with van der Waals surface area (Å²) in [7, 11) is 0. The lowest BCUT2D eigenvalue weighted by atomic mass is 10.0. The molecule has 0 aliphatic heterocycles. The molecule has 1 atom stereocenters. The second-order valence-electron chi connectivity index (χ2n) is 4.22. The number of halogens is 1. The molecule has 0 fully saturated rings. The molecule has 0 saturated heterocycles. The molecule has 1 rings (SSSR count). The van der Waals surface area contributed by atoms with E-state index in [-0.39, 0.29) is 11.8 Å². The lowest BCUT2D eigenvalue weighted by Gasteiger charge is -2.15. The van der Waals surface area contributed by atoms with Gasteiger partial charge in [-0.25, -0.2) is 0 Å². The fraction of sp³-hybridized carbons (Fsp3) is 0.417. The fourth-order valence-electron chi connectivity index (χ4n) is 1.20. The molecule has 0 aliphatic carbocycles. The number of nitrogens with one attached hydrogen (secondary N) is 1. The van der Waals surface area contributed by atoms with Gasteiger partial charge in [0.05, 0.1) is 6.04 Å². The Bertz CT molecular complexity index is 391. The van der Waals surface area contributed by atoms with Gasteiger partial charge in [0.2, 0.25) is 5.91 Å². The van der Waals surface area contributed by atoms with Crippen molar-refractivity contribution in [1.82, 2.24) is 0 Å². The number of hydrogen-bond acceptors (Lipinski definition) is 2. The van der Waals surface area contributed by atoms with E-state index in [2.05, 4.69) is 27.9 Å². The van der Waals surface area contributed by atoms with Gasteiger partial charge in [0.25, 0.3) is 0 Å². The van der Waals surface area contributed by atoms with E-state index in [1.807, 2.05) is 39.0 Å². The summed E-state index contributed by atoms with van der Waals surface area (Å²) in [6.45, 7) is 5.90. The second-order valence-corrected chi connectivity index (χ2v) is 5.39. The maximum Gasteiger partial charge on any atom is 0.241 e. The largest absolute Gasteiger partial charge is 0.325 e. The minimum atomic E-state index is -0.459. The predicted molar refractivity (Wildman–Crippen MR) is 75.3 cm³/mol. The summed E-state index contributed by atoms with van der Waals surface area (Å²) >= 11 is 2.24. The maximum absolute atomic E-state index is 11.7. The Hall–Kier alpha value is -0.620. The molecular formula is C12H17IN2O. The summed E-state index contributed by atoms with van der Waals surface area (Å²) in [4.78, 5) is 11.7. The summed E-state index contributed by atoms with van der Waals surface area (Å²) in [6.07, 6.45) is 0. The minimum Gasteiger partial charge on any atom is -0.325 e. The Morgan fingerprint density at radius 2 is 2.06 bits per heavy atom. The standard InChI is InChI=1S/C12H17IN2O/c1-7(2)11(14)12(16)15-9-5-4-8(3)10(13)6-9/h4-7,11H,14H2,1-3H3,(H,15,16)/t11-/m1/s1. The molecular weight excluding hydrogens is 315 g/mol. The smallest absolute Gasteiger partial charge is 0.241 e. The Kier molecular flexibility index (Phi) is 4.73. The van der Waals surface area contributed by atoms with Crippen LogP contribution in [0.1, 0.15) is 19.4 Å². The van der Waals surface area contributed by atoms with Crippen LogP contribution in [0.15, 0.2) is 18.2 Å². The number of anilines is 1. The summed E-state index contributed by atoms with van der Waals surface area (Å²) < 4.78 is 1.13. The first-order valence-electron chi connectivity index (χ1n) is 5.24. The van der Waals surface area contributed by atoms with Crippen molar-refractivity contribution in [3.05, 3.63) is 27.3 Å². The molecule has 0 bridgehead atoms. The van der Waals surface area contributed by atoms with Gasteiger partial charge in [0.15, 0.2) is 0 Å². The molecule has 3 nitrogen and oxygen atoms in total. The average Bonchev–Trinajstić information content (AvgIpc) is 2.22. The molecule has 1 aromatic carbocycles. The number of hydrogen-bond donors (Lipinski definition) is 2. The van der Waals surface area contributed by atoms with Crippen molar-refractivity contribution in [3.8, 4) is 0 Å². The van der Waals surface area contributed by atoms with E-state index in [9.17, 15) is 4.79 Å². The SMILES string of the molecule is Cc1ccc(NC(=O)[C@H](N)C(C)C)cc1I. The number of rotatable bonds is 3. The zero-order valence-corrected chi connectivity index (χ0v) is 11.9. The zero-order chi connectivity index (χ0) is 12.3. The number of carbonyl (C=O) groups is 1. The normalized spacial score (nSPS) is 12.6. The highest BCUT2D eigenvalue weighted by molar-refractivity contribution is 14.1. The van der Waals surface area contributed by atoms with E-state index in [1.54, 1.807) is 0 Å². The fourth-order valence-corrected chi connectivity index (χ4v) is 1.71. The van der Waals surface area contributed by atoms with E-state index in [0.717, 1.165) is 9.26 Å². The van der Waals surface area contributed by atoms with Gasteiger partial charge in [-0.1, -0.05) is 19.9 Å². The highest BCUT2D eigenvalue weighted by Gasteiger charge is 2.17. The van der Waals surface area contributed by atoms with E-state index < -0.39 is 6.04 Å². The molecule has 0 aromatic heterocycles. The van der Waals surface area contributed by atoms with Crippen molar-refractivity contribution >= 4 is 34.2 Å². The number of amides is 1. The van der Waals surface area contributed by atoms with Crippen LogP contribution in [0.3, 0.4) is 0 Å². The Morgan fingerprint density at radius 3 is 2.56 bits per heavy atom. The van der Waals surface area contributed by atoms with Gasteiger partial charge in [-0.05, 0) is 53.1 Å². The summed E-state index contributed by atoms with van der Waals surface area (Å²) in [5, 5.41) is 2.82. The zero-order valence-electron chi connectivity index (χ0n) is 9.75. The van der Waals surface area contributed by atoms with Crippen LogP contribution in [0.2, 0.25) is 0 Å². The molecule has 0 aliphatic rings. The lowest BCUT2D eigenvalue weighted by molar-refractivity contribution is -0.118. The average molecular weight is 332 g/mol. The molecule has 1 amide bonds. The third kappa shape index (κ3) is 3.45. The van der Waals surface area contributed by atoms with Gasteiger partial charge < -0.3 is 11.1 Å². The molecule has 0 spiro atoms.